The molecule has 0 aliphatic heterocycles. The first-order valence-corrected chi connectivity index (χ1v) is 11.9. The van der Waals surface area contributed by atoms with E-state index in [2.05, 4.69) is 10.6 Å². The van der Waals surface area contributed by atoms with Gasteiger partial charge in [-0.3, -0.25) is 14.4 Å². The first-order valence-electron chi connectivity index (χ1n) is 11.9. The van der Waals surface area contributed by atoms with E-state index in [0.29, 0.717) is 0 Å². The molecule has 4 amide bonds. The van der Waals surface area contributed by atoms with Crippen LogP contribution in [0, 0.1) is 0 Å². The van der Waals surface area contributed by atoms with Crippen molar-refractivity contribution in [3.63, 3.8) is 0 Å². The molecule has 0 aromatic heterocycles. The number of primary amides is 1. The smallest absolute Gasteiger partial charge is 0.408 e. The minimum Gasteiger partial charge on any atom is -0.508 e. The second-order valence-electron chi connectivity index (χ2n) is 9.87. The molecule has 3 atom stereocenters. The second kappa shape index (κ2) is 13.0. The first kappa shape index (κ1) is 29.7. The monoisotopic (exact) mass is 492 g/mol. The largest absolute Gasteiger partial charge is 0.508 e. The molecule has 0 bridgehead atoms. The van der Waals surface area contributed by atoms with Crippen LogP contribution in [-0.2, 0) is 19.1 Å². The Morgan fingerprint density at radius 2 is 1.69 bits per heavy atom. The van der Waals surface area contributed by atoms with Gasteiger partial charge in [-0.15, -0.1) is 0 Å². The van der Waals surface area contributed by atoms with Crippen molar-refractivity contribution in [2.24, 2.45) is 5.73 Å². The van der Waals surface area contributed by atoms with Crippen molar-refractivity contribution < 1.29 is 29.0 Å². The highest BCUT2D eigenvalue weighted by Gasteiger charge is 2.39. The zero-order valence-corrected chi connectivity index (χ0v) is 21.8. The third kappa shape index (κ3) is 9.46. The van der Waals surface area contributed by atoms with Crippen molar-refractivity contribution in [2.45, 2.75) is 97.5 Å². The van der Waals surface area contributed by atoms with Crippen molar-refractivity contribution in [1.82, 2.24) is 15.5 Å². The number of nitrogens with zero attached hydrogens (tertiary/aromatic N) is 1. The molecule has 5 N–H and O–H groups in total. The maximum absolute atomic E-state index is 13.7. The summed E-state index contributed by atoms with van der Waals surface area (Å²) >= 11 is 0. The molecule has 0 aliphatic rings. The average Bonchev–Trinajstić information content (AvgIpc) is 2.69. The Morgan fingerprint density at radius 1 is 1.09 bits per heavy atom. The molecule has 0 fully saturated rings. The van der Waals surface area contributed by atoms with E-state index < -0.39 is 54.0 Å². The Morgan fingerprint density at radius 3 is 2.17 bits per heavy atom. The van der Waals surface area contributed by atoms with E-state index in [4.69, 9.17) is 10.5 Å². The SMILES string of the molecule is CCCC(C)NC(=O)C(c1ccccc1O)N(C(=O)C(CC(N)=O)NC(=O)OC(C)(C)C)C(C)C. The van der Waals surface area contributed by atoms with Crippen molar-refractivity contribution >= 4 is 23.8 Å². The summed E-state index contributed by atoms with van der Waals surface area (Å²) in [7, 11) is 0. The molecule has 196 valence electrons. The highest BCUT2D eigenvalue weighted by molar-refractivity contribution is 5.95. The summed E-state index contributed by atoms with van der Waals surface area (Å²) in [5, 5.41) is 15.9. The topological polar surface area (TPSA) is 151 Å². The van der Waals surface area contributed by atoms with Gasteiger partial charge < -0.3 is 31.1 Å². The van der Waals surface area contributed by atoms with Gasteiger partial charge in [0.2, 0.25) is 17.7 Å². The Bertz CT molecular complexity index is 896. The van der Waals surface area contributed by atoms with Gasteiger partial charge in [0.25, 0.3) is 0 Å². The second-order valence-corrected chi connectivity index (χ2v) is 9.87. The summed E-state index contributed by atoms with van der Waals surface area (Å²) in [6.45, 7) is 12.2. The van der Waals surface area contributed by atoms with Crippen LogP contribution in [0.1, 0.15) is 79.3 Å². The fraction of sp³-hybridized carbons (Fsp3) is 0.600. The molecule has 0 saturated carbocycles. The van der Waals surface area contributed by atoms with Crippen molar-refractivity contribution in [3.05, 3.63) is 29.8 Å². The lowest BCUT2D eigenvalue weighted by molar-refractivity contribution is -0.145. The van der Waals surface area contributed by atoms with Crippen LogP contribution in [0.3, 0.4) is 0 Å². The highest BCUT2D eigenvalue weighted by Crippen LogP contribution is 2.31. The number of hydrogen-bond acceptors (Lipinski definition) is 6. The number of aromatic hydroxyl groups is 1. The van der Waals surface area contributed by atoms with Gasteiger partial charge in [0, 0.05) is 17.6 Å². The third-order valence-electron chi connectivity index (χ3n) is 5.07. The van der Waals surface area contributed by atoms with E-state index in [1.807, 2.05) is 13.8 Å². The van der Waals surface area contributed by atoms with E-state index in [1.54, 1.807) is 52.8 Å². The molecule has 0 saturated heterocycles. The predicted octanol–water partition coefficient (Wildman–Crippen LogP) is 2.74. The Labute approximate surface area is 207 Å². The fourth-order valence-corrected chi connectivity index (χ4v) is 3.67. The van der Waals surface area contributed by atoms with Crippen LogP contribution in [0.2, 0.25) is 0 Å². The number of phenolic OH excluding ortho intramolecular Hbond substituents is 1. The van der Waals surface area contributed by atoms with Gasteiger partial charge in [0.1, 0.15) is 23.4 Å². The van der Waals surface area contributed by atoms with Gasteiger partial charge >= 0.3 is 6.09 Å². The lowest BCUT2D eigenvalue weighted by Gasteiger charge is -2.37. The molecule has 0 radical (unpaired) electrons. The molecule has 0 heterocycles. The van der Waals surface area contributed by atoms with Gasteiger partial charge in [-0.2, -0.15) is 0 Å². The van der Waals surface area contributed by atoms with Gasteiger partial charge in [0.15, 0.2) is 0 Å². The van der Waals surface area contributed by atoms with Crippen LogP contribution >= 0.6 is 0 Å². The summed E-state index contributed by atoms with van der Waals surface area (Å²) in [6.07, 6.45) is 0.166. The Hall–Kier alpha value is -3.30. The number of benzene rings is 1. The van der Waals surface area contributed by atoms with E-state index in [1.165, 1.54) is 11.0 Å². The average molecular weight is 493 g/mol. The first-order chi connectivity index (χ1) is 16.2. The third-order valence-corrected chi connectivity index (χ3v) is 5.07. The van der Waals surface area contributed by atoms with Crippen molar-refractivity contribution in [3.8, 4) is 5.75 Å². The Balaban J connectivity index is 3.48. The van der Waals surface area contributed by atoms with E-state index >= 15 is 0 Å². The number of alkyl carbamates (subject to hydrolysis) is 1. The minimum atomic E-state index is -1.38. The van der Waals surface area contributed by atoms with Crippen LogP contribution in [-0.4, -0.2) is 57.5 Å². The van der Waals surface area contributed by atoms with Crippen molar-refractivity contribution in [1.29, 1.82) is 0 Å². The molecule has 10 heteroatoms. The molecule has 0 spiro atoms. The molecular formula is C25H40N4O6. The highest BCUT2D eigenvalue weighted by atomic mass is 16.6. The van der Waals surface area contributed by atoms with Crippen LogP contribution in [0.5, 0.6) is 5.75 Å². The number of phenols is 1. The van der Waals surface area contributed by atoms with Crippen LogP contribution in [0.4, 0.5) is 4.79 Å². The standard InChI is InChI=1S/C25H40N4O6/c1-8-11-16(4)27-22(32)21(17-12-9-10-13-19(17)30)29(15(2)3)23(33)18(14-20(26)31)28-24(34)35-25(5,6)7/h9-10,12-13,15-16,18,21,30H,8,11,14H2,1-7H3,(H2,26,31)(H,27,32)(H,28,34). The quantitative estimate of drug-likeness (QED) is 0.373. The zero-order valence-electron chi connectivity index (χ0n) is 21.8. The lowest BCUT2D eigenvalue weighted by Crippen LogP contribution is -2.56. The maximum Gasteiger partial charge on any atom is 0.408 e. The molecular weight excluding hydrogens is 452 g/mol. The summed E-state index contributed by atoms with van der Waals surface area (Å²) in [6, 6.07) is 2.91. The number of rotatable bonds is 11. The van der Waals surface area contributed by atoms with Crippen LogP contribution < -0.4 is 16.4 Å². The van der Waals surface area contributed by atoms with Crippen LogP contribution in [0.15, 0.2) is 24.3 Å². The summed E-state index contributed by atoms with van der Waals surface area (Å²) in [5.41, 5.74) is 4.74. The summed E-state index contributed by atoms with van der Waals surface area (Å²) in [4.78, 5) is 52.6. The Kier molecular flexibility index (Phi) is 11.0. The van der Waals surface area contributed by atoms with E-state index in [9.17, 15) is 24.3 Å². The molecule has 10 nitrogen and oxygen atoms in total. The van der Waals surface area contributed by atoms with Gasteiger partial charge in [-0.1, -0.05) is 31.5 Å². The molecule has 35 heavy (non-hydrogen) atoms. The lowest BCUT2D eigenvalue weighted by atomic mass is 9.99. The maximum atomic E-state index is 13.7. The van der Waals surface area contributed by atoms with Gasteiger partial charge in [0.05, 0.1) is 6.42 Å². The molecule has 3 unspecified atom stereocenters. The van der Waals surface area contributed by atoms with Crippen molar-refractivity contribution in [2.75, 3.05) is 0 Å². The normalized spacial score (nSPS) is 13.9. The summed E-state index contributed by atoms with van der Waals surface area (Å²) < 4.78 is 5.24. The molecule has 1 aromatic rings. The summed E-state index contributed by atoms with van der Waals surface area (Å²) in [5.74, 6) is -2.19. The van der Waals surface area contributed by atoms with E-state index in [-0.39, 0.29) is 17.4 Å². The van der Waals surface area contributed by atoms with Crippen LogP contribution in [0.25, 0.3) is 0 Å². The molecule has 1 rings (SSSR count). The number of carbonyl (C=O) groups is 4. The van der Waals surface area contributed by atoms with Gasteiger partial charge in [-0.05, 0) is 54.0 Å². The molecule has 0 aliphatic carbocycles. The number of ether oxygens (including phenoxy) is 1. The number of nitrogens with one attached hydrogen (secondary N) is 2. The number of nitrogens with two attached hydrogens (primary N) is 1. The predicted molar refractivity (Wildman–Crippen MR) is 132 cm³/mol. The van der Waals surface area contributed by atoms with E-state index in [0.717, 1.165) is 12.8 Å². The molecule has 1 aromatic carbocycles. The number of carbonyl (C=O) groups excluding carboxylic acids is 4. The zero-order chi connectivity index (χ0) is 26.9. The minimum absolute atomic E-state index is 0.166. The number of para-hydroxylation sites is 1. The number of hydrogen-bond donors (Lipinski definition) is 4. The van der Waals surface area contributed by atoms with Gasteiger partial charge in [-0.25, -0.2) is 4.79 Å². The number of amides is 4. The fourth-order valence-electron chi connectivity index (χ4n) is 3.67.